The number of benzene rings is 1. The Labute approximate surface area is 140 Å². The van der Waals surface area contributed by atoms with E-state index in [1.807, 2.05) is 6.07 Å². The first-order valence-corrected chi connectivity index (χ1v) is 7.35. The number of nitrogens with two attached hydrogens (primary N) is 1. The van der Waals surface area contributed by atoms with Gasteiger partial charge in [-0.1, -0.05) is 12.1 Å². The molecule has 2 aromatic rings. The van der Waals surface area contributed by atoms with Gasteiger partial charge in [-0.3, -0.25) is 4.79 Å². The minimum absolute atomic E-state index is 0. The van der Waals surface area contributed by atoms with Crippen molar-refractivity contribution in [3.05, 3.63) is 47.4 Å². The van der Waals surface area contributed by atoms with Crippen LogP contribution in [-0.4, -0.2) is 10.9 Å². The average Bonchev–Trinajstić information content (AvgIpc) is 3.35. The van der Waals surface area contributed by atoms with Gasteiger partial charge in [-0.2, -0.15) is 0 Å². The molecular weight excluding hydrogens is 317 g/mol. The molecule has 1 fully saturated rings. The van der Waals surface area contributed by atoms with E-state index in [1.165, 1.54) is 0 Å². The average molecular weight is 336 g/mol. The number of halogens is 2. The fraction of sp³-hybridized carbons (Fsp3) is 0.294. The Morgan fingerprint density at radius 2 is 2.13 bits per heavy atom. The summed E-state index contributed by atoms with van der Waals surface area (Å²) in [4.78, 5) is 15.9. The Hall–Kier alpha value is -1.98. The first-order valence-electron chi connectivity index (χ1n) is 7.35. The van der Waals surface area contributed by atoms with Crippen LogP contribution in [0.2, 0.25) is 0 Å². The van der Waals surface area contributed by atoms with Crippen molar-refractivity contribution >= 4 is 24.1 Å². The van der Waals surface area contributed by atoms with Crippen LogP contribution >= 0.6 is 12.4 Å². The molecule has 1 aromatic carbocycles. The topological polar surface area (TPSA) is 68.0 Å². The first kappa shape index (κ1) is 17.4. The van der Waals surface area contributed by atoms with E-state index < -0.39 is 0 Å². The van der Waals surface area contributed by atoms with Crippen LogP contribution in [0.15, 0.2) is 30.5 Å². The van der Waals surface area contributed by atoms with Crippen molar-refractivity contribution in [2.75, 3.05) is 5.32 Å². The minimum Gasteiger partial charge on any atom is -0.326 e. The lowest BCUT2D eigenvalue weighted by Crippen LogP contribution is -2.14. The number of carbonyl (C=O) groups is 1. The highest BCUT2D eigenvalue weighted by atomic mass is 35.5. The van der Waals surface area contributed by atoms with E-state index in [4.69, 9.17) is 5.73 Å². The summed E-state index contributed by atoms with van der Waals surface area (Å²) in [5, 5.41) is 2.78. The fourth-order valence-electron chi connectivity index (χ4n) is 2.41. The van der Waals surface area contributed by atoms with Gasteiger partial charge in [0.2, 0.25) is 5.91 Å². The zero-order chi connectivity index (χ0) is 15.7. The third-order valence-corrected chi connectivity index (χ3v) is 3.99. The van der Waals surface area contributed by atoms with Crippen molar-refractivity contribution in [1.82, 2.24) is 4.98 Å². The third kappa shape index (κ3) is 3.68. The van der Waals surface area contributed by atoms with E-state index in [0.29, 0.717) is 29.1 Å². The van der Waals surface area contributed by atoms with Crippen molar-refractivity contribution in [2.45, 2.75) is 26.3 Å². The van der Waals surface area contributed by atoms with Crippen molar-refractivity contribution in [3.63, 3.8) is 0 Å². The molecule has 1 aromatic heterocycles. The van der Waals surface area contributed by atoms with E-state index in [1.54, 1.807) is 31.3 Å². The lowest BCUT2D eigenvalue weighted by Gasteiger charge is -2.11. The number of rotatable bonds is 4. The van der Waals surface area contributed by atoms with Gasteiger partial charge in [0.1, 0.15) is 11.6 Å². The maximum Gasteiger partial charge on any atom is 0.228 e. The van der Waals surface area contributed by atoms with Crippen molar-refractivity contribution in [3.8, 4) is 11.1 Å². The second-order valence-corrected chi connectivity index (χ2v) is 5.61. The fourth-order valence-corrected chi connectivity index (χ4v) is 2.41. The van der Waals surface area contributed by atoms with Gasteiger partial charge in [-0.05, 0) is 48.6 Å². The number of anilines is 1. The summed E-state index contributed by atoms with van der Waals surface area (Å²) in [5.41, 5.74) is 8.11. The number of carbonyl (C=O) groups excluding carboxylic acids is 1. The molecule has 4 nitrogen and oxygen atoms in total. The number of nitrogens with zero attached hydrogens (tertiary/aromatic N) is 1. The number of amides is 1. The monoisotopic (exact) mass is 335 g/mol. The maximum atomic E-state index is 14.5. The molecule has 23 heavy (non-hydrogen) atoms. The Morgan fingerprint density at radius 3 is 2.78 bits per heavy atom. The summed E-state index contributed by atoms with van der Waals surface area (Å²) in [5.74, 6) is 0.260. The number of hydrogen-bond acceptors (Lipinski definition) is 3. The maximum absolute atomic E-state index is 14.5. The Balaban J connectivity index is 0.00000192. The molecule has 0 radical (unpaired) electrons. The summed E-state index contributed by atoms with van der Waals surface area (Å²) in [6, 6.07) is 6.97. The number of nitrogens with one attached hydrogen (secondary N) is 1. The first-order chi connectivity index (χ1) is 10.6. The van der Waals surface area contributed by atoms with E-state index in [9.17, 15) is 9.18 Å². The van der Waals surface area contributed by atoms with Crippen LogP contribution in [0.3, 0.4) is 0 Å². The predicted octanol–water partition coefficient (Wildman–Crippen LogP) is 3.43. The molecule has 1 aliphatic carbocycles. The molecule has 0 aliphatic heterocycles. The molecule has 0 spiro atoms. The molecule has 3 rings (SSSR count). The third-order valence-electron chi connectivity index (χ3n) is 3.99. The lowest BCUT2D eigenvalue weighted by atomic mass is 9.99. The van der Waals surface area contributed by atoms with Gasteiger partial charge in [0.15, 0.2) is 0 Å². The molecule has 3 N–H and O–H groups in total. The minimum atomic E-state index is -0.284. The van der Waals surface area contributed by atoms with Crippen LogP contribution in [0.4, 0.5) is 10.2 Å². The van der Waals surface area contributed by atoms with Crippen LogP contribution in [0.5, 0.6) is 0 Å². The largest absolute Gasteiger partial charge is 0.326 e. The Kier molecular flexibility index (Phi) is 5.34. The summed E-state index contributed by atoms with van der Waals surface area (Å²) >= 11 is 0. The van der Waals surface area contributed by atoms with E-state index in [-0.39, 0.29) is 30.0 Å². The molecule has 0 bridgehead atoms. The normalized spacial score (nSPS) is 13.3. The quantitative estimate of drug-likeness (QED) is 0.899. The molecule has 0 atom stereocenters. The van der Waals surface area contributed by atoms with Crippen LogP contribution in [-0.2, 0) is 11.3 Å². The zero-order valence-electron chi connectivity index (χ0n) is 12.8. The molecule has 122 valence electrons. The molecule has 0 unspecified atom stereocenters. The Bertz CT molecular complexity index is 732. The van der Waals surface area contributed by atoms with Crippen molar-refractivity contribution in [2.24, 2.45) is 11.7 Å². The second-order valence-electron chi connectivity index (χ2n) is 5.61. The molecule has 1 amide bonds. The van der Waals surface area contributed by atoms with Gasteiger partial charge in [-0.25, -0.2) is 9.37 Å². The van der Waals surface area contributed by atoms with Gasteiger partial charge in [0, 0.05) is 24.2 Å². The summed E-state index contributed by atoms with van der Waals surface area (Å²) in [7, 11) is 0. The molecule has 6 heteroatoms. The van der Waals surface area contributed by atoms with Crippen LogP contribution in [0.1, 0.15) is 24.0 Å². The molecular formula is C17H19ClFN3O. The number of pyridine rings is 1. The molecule has 0 saturated heterocycles. The molecule has 1 heterocycles. The standard InChI is InChI=1S/C17H18FN3O.ClH/c1-10-13(9-19)4-5-14(16(10)18)12-6-7-20-15(8-12)21-17(22)11-2-3-11;/h4-8,11H,2-3,9,19H2,1H3,(H,20,21,22);1H. The highest BCUT2D eigenvalue weighted by Crippen LogP contribution is 2.31. The van der Waals surface area contributed by atoms with E-state index in [0.717, 1.165) is 18.4 Å². The summed E-state index contributed by atoms with van der Waals surface area (Å²) in [6.07, 6.45) is 3.43. The van der Waals surface area contributed by atoms with Crippen molar-refractivity contribution in [1.29, 1.82) is 0 Å². The van der Waals surface area contributed by atoms with Crippen LogP contribution < -0.4 is 11.1 Å². The van der Waals surface area contributed by atoms with Crippen molar-refractivity contribution < 1.29 is 9.18 Å². The highest BCUT2D eigenvalue weighted by molar-refractivity contribution is 5.93. The second kappa shape index (κ2) is 7.06. The number of hydrogen-bond donors (Lipinski definition) is 2. The summed E-state index contributed by atoms with van der Waals surface area (Å²) in [6.45, 7) is 2.03. The smallest absolute Gasteiger partial charge is 0.228 e. The van der Waals surface area contributed by atoms with Gasteiger partial charge >= 0.3 is 0 Å². The van der Waals surface area contributed by atoms with Gasteiger partial charge in [0.25, 0.3) is 0 Å². The van der Waals surface area contributed by atoms with E-state index >= 15 is 0 Å². The lowest BCUT2D eigenvalue weighted by molar-refractivity contribution is -0.117. The van der Waals surface area contributed by atoms with E-state index in [2.05, 4.69) is 10.3 Å². The summed E-state index contributed by atoms with van der Waals surface area (Å²) < 4.78 is 14.5. The molecule has 1 aliphatic rings. The van der Waals surface area contributed by atoms with Gasteiger partial charge < -0.3 is 11.1 Å². The van der Waals surface area contributed by atoms with Crippen LogP contribution in [0.25, 0.3) is 11.1 Å². The zero-order valence-corrected chi connectivity index (χ0v) is 13.6. The van der Waals surface area contributed by atoms with Gasteiger partial charge in [-0.15, -0.1) is 12.4 Å². The Morgan fingerprint density at radius 1 is 1.39 bits per heavy atom. The van der Waals surface area contributed by atoms with Crippen LogP contribution in [0, 0.1) is 18.7 Å². The highest BCUT2D eigenvalue weighted by Gasteiger charge is 2.29. The number of aromatic nitrogens is 1. The SMILES string of the molecule is Cc1c(CN)ccc(-c2ccnc(NC(=O)C3CC3)c2)c1F.Cl. The predicted molar refractivity (Wildman–Crippen MR) is 90.9 cm³/mol. The molecule has 1 saturated carbocycles. The van der Waals surface area contributed by atoms with Gasteiger partial charge in [0.05, 0.1) is 0 Å².